The Morgan fingerprint density at radius 1 is 1.50 bits per heavy atom. The summed E-state index contributed by atoms with van der Waals surface area (Å²) in [6, 6.07) is 2.38. The number of aryl methyl sites for hydroxylation is 1. The van der Waals surface area contributed by atoms with Gasteiger partial charge in [-0.15, -0.1) is 11.3 Å². The second kappa shape index (κ2) is 4.06. The Morgan fingerprint density at radius 2 is 2.17 bits per heavy atom. The Morgan fingerprint density at radius 3 is 2.58 bits per heavy atom. The van der Waals surface area contributed by atoms with E-state index < -0.39 is 0 Å². The van der Waals surface area contributed by atoms with Crippen molar-refractivity contribution in [2.45, 2.75) is 33.2 Å². The molecule has 68 valence electrons. The number of thiophene rings is 1. The lowest BCUT2D eigenvalue weighted by atomic mass is 9.99. The van der Waals surface area contributed by atoms with Gasteiger partial charge in [0.25, 0.3) is 0 Å². The average Bonchev–Trinajstić information content (AvgIpc) is 2.33. The molecule has 2 heteroatoms. The van der Waals surface area contributed by atoms with Crippen molar-refractivity contribution in [2.24, 2.45) is 11.7 Å². The fourth-order valence-corrected chi connectivity index (χ4v) is 2.19. The van der Waals surface area contributed by atoms with Crippen LogP contribution in [0, 0.1) is 12.8 Å². The smallest absolute Gasteiger partial charge is 0.0308 e. The molecule has 1 aromatic heterocycles. The highest BCUT2D eigenvalue weighted by Crippen LogP contribution is 2.25. The van der Waals surface area contributed by atoms with Crippen LogP contribution < -0.4 is 5.73 Å². The van der Waals surface area contributed by atoms with Crippen molar-refractivity contribution >= 4 is 11.3 Å². The molecular formula is C10H17NS. The van der Waals surface area contributed by atoms with Crippen molar-refractivity contribution in [3.05, 3.63) is 21.9 Å². The summed E-state index contributed by atoms with van der Waals surface area (Å²) in [6.45, 7) is 6.56. The Kier molecular flexibility index (Phi) is 3.29. The summed E-state index contributed by atoms with van der Waals surface area (Å²) < 4.78 is 0. The van der Waals surface area contributed by atoms with Gasteiger partial charge in [0.1, 0.15) is 0 Å². The van der Waals surface area contributed by atoms with Crippen LogP contribution in [0.4, 0.5) is 0 Å². The molecule has 2 N–H and O–H groups in total. The molecule has 1 atom stereocenters. The summed E-state index contributed by atoms with van der Waals surface area (Å²) in [7, 11) is 0. The summed E-state index contributed by atoms with van der Waals surface area (Å²) in [4.78, 5) is 1.36. The van der Waals surface area contributed by atoms with Crippen LogP contribution in [0.15, 0.2) is 11.4 Å². The van der Waals surface area contributed by atoms with Gasteiger partial charge in [-0.1, -0.05) is 13.8 Å². The fourth-order valence-electron chi connectivity index (χ4n) is 1.41. The Balaban J connectivity index is 2.65. The molecule has 12 heavy (non-hydrogen) atoms. The van der Waals surface area contributed by atoms with E-state index in [-0.39, 0.29) is 6.04 Å². The lowest BCUT2D eigenvalue weighted by Gasteiger charge is -2.13. The quantitative estimate of drug-likeness (QED) is 0.765. The summed E-state index contributed by atoms with van der Waals surface area (Å²) in [5.74, 6) is 0.680. The molecule has 0 aliphatic rings. The lowest BCUT2D eigenvalue weighted by molar-refractivity contribution is 0.509. The van der Waals surface area contributed by atoms with Gasteiger partial charge >= 0.3 is 0 Å². The van der Waals surface area contributed by atoms with Crippen LogP contribution in [0.1, 0.15) is 36.8 Å². The van der Waals surface area contributed by atoms with E-state index in [0.29, 0.717) is 5.92 Å². The third kappa shape index (κ3) is 2.32. The second-order valence-corrected chi connectivity index (χ2v) is 4.79. The van der Waals surface area contributed by atoms with Gasteiger partial charge in [-0.2, -0.15) is 0 Å². The van der Waals surface area contributed by atoms with Crippen molar-refractivity contribution in [3.63, 3.8) is 0 Å². The summed E-state index contributed by atoms with van der Waals surface area (Å²) in [5, 5.41) is 2.12. The molecule has 0 saturated carbocycles. The molecule has 1 nitrogen and oxygen atoms in total. The zero-order valence-corrected chi connectivity index (χ0v) is 8.82. The van der Waals surface area contributed by atoms with Gasteiger partial charge < -0.3 is 5.73 Å². The largest absolute Gasteiger partial charge is 0.324 e. The highest BCUT2D eigenvalue weighted by molar-refractivity contribution is 7.10. The van der Waals surface area contributed by atoms with Gasteiger partial charge in [-0.3, -0.25) is 0 Å². The van der Waals surface area contributed by atoms with Gasteiger partial charge in [-0.05, 0) is 36.3 Å². The Hall–Kier alpha value is -0.340. The normalized spacial score (nSPS) is 13.8. The molecule has 0 amide bonds. The first-order valence-electron chi connectivity index (χ1n) is 4.41. The average molecular weight is 183 g/mol. The van der Waals surface area contributed by atoms with Crippen LogP contribution in [0.5, 0.6) is 0 Å². The van der Waals surface area contributed by atoms with Gasteiger partial charge in [0.05, 0.1) is 0 Å². The molecule has 1 unspecified atom stereocenters. The van der Waals surface area contributed by atoms with Crippen molar-refractivity contribution < 1.29 is 0 Å². The summed E-state index contributed by atoms with van der Waals surface area (Å²) >= 11 is 1.78. The Labute approximate surface area is 78.6 Å². The van der Waals surface area contributed by atoms with Crippen LogP contribution in [0.2, 0.25) is 0 Å². The molecule has 1 heterocycles. The van der Waals surface area contributed by atoms with Gasteiger partial charge in [0, 0.05) is 10.9 Å². The van der Waals surface area contributed by atoms with E-state index in [1.807, 2.05) is 0 Å². The number of nitrogens with two attached hydrogens (primary N) is 1. The van der Waals surface area contributed by atoms with Crippen LogP contribution in [0.25, 0.3) is 0 Å². The molecule has 0 aromatic carbocycles. The van der Waals surface area contributed by atoms with E-state index in [9.17, 15) is 0 Å². The molecule has 0 fully saturated rings. The molecule has 0 saturated heterocycles. The molecular weight excluding hydrogens is 166 g/mol. The molecule has 0 aliphatic carbocycles. The highest BCUT2D eigenvalue weighted by atomic mass is 32.1. The predicted octanol–water partition coefficient (Wildman–Crippen LogP) is 3.10. The third-order valence-corrected chi connectivity index (χ3v) is 2.89. The monoisotopic (exact) mass is 183 g/mol. The van der Waals surface area contributed by atoms with Gasteiger partial charge in [0.2, 0.25) is 0 Å². The van der Waals surface area contributed by atoms with Crippen molar-refractivity contribution in [3.8, 4) is 0 Å². The Bertz CT molecular complexity index is 240. The number of rotatable bonds is 3. The second-order valence-electron chi connectivity index (χ2n) is 3.67. The third-order valence-electron chi connectivity index (χ3n) is 2.02. The molecule has 0 bridgehead atoms. The van der Waals surface area contributed by atoms with Gasteiger partial charge in [0.15, 0.2) is 0 Å². The minimum Gasteiger partial charge on any atom is -0.324 e. The van der Waals surface area contributed by atoms with Crippen LogP contribution in [0.3, 0.4) is 0 Å². The molecule has 1 rings (SSSR count). The van der Waals surface area contributed by atoms with Crippen molar-refractivity contribution in [2.75, 3.05) is 0 Å². The molecule has 0 aliphatic heterocycles. The lowest BCUT2D eigenvalue weighted by Crippen LogP contribution is -2.12. The number of hydrogen-bond acceptors (Lipinski definition) is 2. The number of hydrogen-bond donors (Lipinski definition) is 1. The van der Waals surface area contributed by atoms with Crippen LogP contribution in [-0.2, 0) is 0 Å². The van der Waals surface area contributed by atoms with Gasteiger partial charge in [-0.25, -0.2) is 0 Å². The van der Waals surface area contributed by atoms with Crippen LogP contribution in [-0.4, -0.2) is 0 Å². The van der Waals surface area contributed by atoms with E-state index in [2.05, 4.69) is 32.2 Å². The maximum atomic E-state index is 6.05. The molecule has 0 radical (unpaired) electrons. The standard InChI is InChI=1S/C10H17NS/c1-7(2)6-10(11)9-4-5-12-8(9)3/h4-5,7,10H,6,11H2,1-3H3. The summed E-state index contributed by atoms with van der Waals surface area (Å²) in [5.41, 5.74) is 7.38. The van der Waals surface area contributed by atoms with E-state index in [1.165, 1.54) is 10.4 Å². The zero-order valence-electron chi connectivity index (χ0n) is 8.00. The van der Waals surface area contributed by atoms with E-state index in [0.717, 1.165) is 6.42 Å². The molecule has 0 spiro atoms. The maximum Gasteiger partial charge on any atom is 0.0308 e. The van der Waals surface area contributed by atoms with E-state index >= 15 is 0 Å². The minimum atomic E-state index is 0.233. The zero-order chi connectivity index (χ0) is 9.14. The minimum absolute atomic E-state index is 0.233. The maximum absolute atomic E-state index is 6.05. The van der Waals surface area contributed by atoms with Crippen LogP contribution >= 0.6 is 11.3 Å². The molecule has 1 aromatic rings. The SMILES string of the molecule is Cc1sccc1C(N)CC(C)C. The highest BCUT2D eigenvalue weighted by Gasteiger charge is 2.10. The van der Waals surface area contributed by atoms with E-state index in [4.69, 9.17) is 5.73 Å². The van der Waals surface area contributed by atoms with Crippen molar-refractivity contribution in [1.82, 2.24) is 0 Å². The van der Waals surface area contributed by atoms with Crippen molar-refractivity contribution in [1.29, 1.82) is 0 Å². The first kappa shape index (κ1) is 9.75. The summed E-state index contributed by atoms with van der Waals surface area (Å²) in [6.07, 6.45) is 1.08. The predicted molar refractivity (Wildman–Crippen MR) is 55.4 cm³/mol. The topological polar surface area (TPSA) is 26.0 Å². The fraction of sp³-hybridized carbons (Fsp3) is 0.600. The first-order chi connectivity index (χ1) is 5.61. The first-order valence-corrected chi connectivity index (χ1v) is 5.28. The van der Waals surface area contributed by atoms with E-state index in [1.54, 1.807) is 11.3 Å².